The van der Waals surface area contributed by atoms with E-state index in [2.05, 4.69) is 51.0 Å². The highest BCUT2D eigenvalue weighted by molar-refractivity contribution is 5.87. The molecule has 3 aromatic rings. The van der Waals surface area contributed by atoms with E-state index in [1.807, 2.05) is 36.4 Å². The Labute approximate surface area is 240 Å². The van der Waals surface area contributed by atoms with Crippen molar-refractivity contribution < 1.29 is 19.5 Å². The molecule has 1 heterocycles. The molecule has 41 heavy (non-hydrogen) atoms. The van der Waals surface area contributed by atoms with Crippen LogP contribution >= 0.6 is 0 Å². The highest BCUT2D eigenvalue weighted by atomic mass is 16.5. The molecule has 0 atom stereocenters. The minimum Gasteiger partial charge on any atom is -0.496 e. The number of rotatable bonds is 14. The van der Waals surface area contributed by atoms with Crippen LogP contribution in [0.5, 0.6) is 5.75 Å². The molecular weight excluding hydrogens is 518 g/mol. The molecule has 0 unspecified atom stereocenters. The highest BCUT2D eigenvalue weighted by Gasteiger charge is 2.13. The Balaban J connectivity index is 1.31. The van der Waals surface area contributed by atoms with Crippen LogP contribution in [0.2, 0.25) is 0 Å². The number of aromatic amines is 1. The van der Waals surface area contributed by atoms with Crippen molar-refractivity contribution in [1.82, 2.24) is 26.0 Å². The van der Waals surface area contributed by atoms with E-state index in [1.54, 1.807) is 18.7 Å². The second kappa shape index (κ2) is 15.4. The van der Waals surface area contributed by atoms with Crippen LogP contribution in [0.4, 0.5) is 4.79 Å². The van der Waals surface area contributed by atoms with Gasteiger partial charge in [-0.15, -0.1) is 0 Å². The lowest BCUT2D eigenvalue weighted by atomic mass is 9.97. The van der Waals surface area contributed by atoms with Gasteiger partial charge in [0.05, 0.1) is 7.11 Å². The van der Waals surface area contributed by atoms with Crippen LogP contribution in [0.3, 0.4) is 0 Å². The summed E-state index contributed by atoms with van der Waals surface area (Å²) in [5.74, 6) is 0.284. The molecular formula is C32H39N5O4. The zero-order valence-corrected chi connectivity index (χ0v) is 23.5. The molecule has 0 spiro atoms. The fourth-order valence-electron chi connectivity index (χ4n) is 4.97. The number of urea groups is 1. The maximum atomic E-state index is 12.5. The first-order valence-electron chi connectivity index (χ1n) is 14.0. The molecule has 1 aliphatic rings. The van der Waals surface area contributed by atoms with E-state index < -0.39 is 5.91 Å². The third kappa shape index (κ3) is 9.09. The summed E-state index contributed by atoms with van der Waals surface area (Å²) in [6, 6.07) is 16.0. The van der Waals surface area contributed by atoms with Gasteiger partial charge in [-0.2, -0.15) is 0 Å². The number of hydrogen-bond acceptors (Lipinski definition) is 5. The van der Waals surface area contributed by atoms with Gasteiger partial charge in [-0.25, -0.2) is 10.3 Å². The third-order valence-corrected chi connectivity index (χ3v) is 7.21. The minimum absolute atomic E-state index is 0.181. The molecule has 5 N–H and O–H groups in total. The lowest BCUT2D eigenvalue weighted by Gasteiger charge is -2.25. The number of carbonyl (C=O) groups is 2. The van der Waals surface area contributed by atoms with Crippen LogP contribution < -0.4 is 20.9 Å². The van der Waals surface area contributed by atoms with E-state index >= 15 is 0 Å². The molecule has 0 saturated heterocycles. The largest absolute Gasteiger partial charge is 0.496 e. The first-order chi connectivity index (χ1) is 20.1. The average molecular weight is 558 g/mol. The van der Waals surface area contributed by atoms with Crippen molar-refractivity contribution in [2.75, 3.05) is 39.8 Å². The van der Waals surface area contributed by atoms with Crippen LogP contribution in [0.1, 0.15) is 24.0 Å². The number of fused-ring (bicyclic) bond motifs is 1. The van der Waals surface area contributed by atoms with Gasteiger partial charge >= 0.3 is 6.03 Å². The van der Waals surface area contributed by atoms with E-state index in [4.69, 9.17) is 9.94 Å². The number of methoxy groups -OCH3 is 1. The van der Waals surface area contributed by atoms with E-state index in [0.29, 0.717) is 26.1 Å². The van der Waals surface area contributed by atoms with Crippen LogP contribution in [0, 0.1) is 0 Å². The number of aromatic nitrogens is 1. The molecule has 9 nitrogen and oxygen atoms in total. The number of para-hydroxylation sites is 2. The molecule has 0 radical (unpaired) electrons. The summed E-state index contributed by atoms with van der Waals surface area (Å²) in [7, 11) is 1.65. The van der Waals surface area contributed by atoms with Crippen LogP contribution in [-0.4, -0.2) is 66.9 Å². The first-order valence-corrected chi connectivity index (χ1v) is 14.0. The molecule has 1 aliphatic carbocycles. The van der Waals surface area contributed by atoms with Gasteiger partial charge in [0.2, 0.25) is 0 Å². The van der Waals surface area contributed by atoms with Gasteiger partial charge in [0.15, 0.2) is 0 Å². The molecule has 0 saturated carbocycles. The predicted molar refractivity (Wildman–Crippen MR) is 161 cm³/mol. The average Bonchev–Trinajstić information content (AvgIpc) is 3.42. The Hall–Kier alpha value is -4.34. The summed E-state index contributed by atoms with van der Waals surface area (Å²) in [4.78, 5) is 29.5. The van der Waals surface area contributed by atoms with Crippen molar-refractivity contribution in [2.24, 2.45) is 0 Å². The van der Waals surface area contributed by atoms with Gasteiger partial charge in [-0.05, 0) is 54.5 Å². The summed E-state index contributed by atoms with van der Waals surface area (Å²) in [6.45, 7) is 3.41. The summed E-state index contributed by atoms with van der Waals surface area (Å²) in [5, 5.41) is 15.9. The Morgan fingerprint density at radius 2 is 1.78 bits per heavy atom. The third-order valence-electron chi connectivity index (χ3n) is 7.21. The van der Waals surface area contributed by atoms with Gasteiger partial charge in [0.1, 0.15) is 5.75 Å². The van der Waals surface area contributed by atoms with Gasteiger partial charge < -0.3 is 20.4 Å². The first kappa shape index (κ1) is 29.6. The Bertz CT molecular complexity index is 1410. The summed E-state index contributed by atoms with van der Waals surface area (Å²) < 4.78 is 5.39. The number of H-pyrrole nitrogens is 1. The lowest BCUT2D eigenvalue weighted by molar-refractivity contribution is -0.124. The van der Waals surface area contributed by atoms with E-state index in [0.717, 1.165) is 54.8 Å². The van der Waals surface area contributed by atoms with Gasteiger partial charge in [0, 0.05) is 55.9 Å². The summed E-state index contributed by atoms with van der Waals surface area (Å²) in [6.07, 6.45) is 12.6. The lowest BCUT2D eigenvalue weighted by Crippen LogP contribution is -2.42. The fraction of sp³-hybridized carbons (Fsp3) is 0.312. The zero-order chi connectivity index (χ0) is 28.9. The SMILES string of the molecule is COc1ccccc1CCNC(=O)NCCN(CCc1c[nH]c2ccccc12)CC1=CC=C(/C=C/C(=O)NO)CC1. The quantitative estimate of drug-likeness (QED) is 0.115. The molecule has 0 fully saturated rings. The van der Waals surface area contributed by atoms with Crippen molar-refractivity contribution in [2.45, 2.75) is 25.7 Å². The minimum atomic E-state index is -0.541. The monoisotopic (exact) mass is 557 g/mol. The van der Waals surface area contributed by atoms with Crippen molar-refractivity contribution >= 4 is 22.8 Å². The number of benzene rings is 2. The van der Waals surface area contributed by atoms with Crippen LogP contribution in [0.25, 0.3) is 10.9 Å². The summed E-state index contributed by atoms with van der Waals surface area (Å²) in [5.41, 5.74) is 7.42. The topological polar surface area (TPSA) is 119 Å². The van der Waals surface area contributed by atoms with Crippen molar-refractivity contribution in [3.8, 4) is 5.75 Å². The van der Waals surface area contributed by atoms with Gasteiger partial charge in [-0.3, -0.25) is 14.9 Å². The molecule has 9 heteroatoms. The molecule has 3 amide bonds. The van der Waals surface area contributed by atoms with Crippen molar-refractivity contribution in [3.63, 3.8) is 0 Å². The Kier molecular flexibility index (Phi) is 11.2. The number of amides is 3. The molecule has 0 aliphatic heterocycles. The number of nitrogens with zero attached hydrogens (tertiary/aromatic N) is 1. The normalized spacial score (nSPS) is 13.2. The maximum absolute atomic E-state index is 12.5. The molecule has 0 bridgehead atoms. The number of nitrogens with one attached hydrogen (secondary N) is 4. The molecule has 4 rings (SSSR count). The van der Waals surface area contributed by atoms with Gasteiger partial charge in [-0.1, -0.05) is 60.2 Å². The maximum Gasteiger partial charge on any atom is 0.314 e. The number of ether oxygens (including phenoxy) is 1. The molecule has 216 valence electrons. The standard InChI is InChI=1S/C32H39N5O4/c1-41-30-9-5-2-6-26(30)16-18-33-32(39)34-19-21-37(20-17-27-22-35-29-8-4-3-7-28(27)29)23-25-12-10-24(11-13-25)14-15-31(38)36-40/h2-10,12,14-15,22,35,40H,11,13,16-21,23H2,1H3,(H,36,38)(H2,33,34,39)/b15-14+. The second-order valence-corrected chi connectivity index (χ2v) is 10.0. The number of carbonyl (C=O) groups excluding carboxylic acids is 2. The Morgan fingerprint density at radius 1 is 0.976 bits per heavy atom. The summed E-state index contributed by atoms with van der Waals surface area (Å²) >= 11 is 0. The Morgan fingerprint density at radius 3 is 2.59 bits per heavy atom. The zero-order valence-electron chi connectivity index (χ0n) is 23.5. The highest BCUT2D eigenvalue weighted by Crippen LogP contribution is 2.22. The number of allylic oxidation sites excluding steroid dienone is 4. The molecule has 2 aromatic carbocycles. The number of hydrogen-bond donors (Lipinski definition) is 5. The number of hydroxylamine groups is 1. The van der Waals surface area contributed by atoms with E-state index in [-0.39, 0.29) is 6.03 Å². The van der Waals surface area contributed by atoms with E-state index in [9.17, 15) is 9.59 Å². The predicted octanol–water partition coefficient (Wildman–Crippen LogP) is 4.27. The second-order valence-electron chi connectivity index (χ2n) is 10.0. The fourth-order valence-corrected chi connectivity index (χ4v) is 4.97. The van der Waals surface area contributed by atoms with Crippen LogP contribution in [-0.2, 0) is 17.6 Å². The smallest absolute Gasteiger partial charge is 0.314 e. The molecule has 1 aromatic heterocycles. The van der Waals surface area contributed by atoms with Crippen LogP contribution in [0.15, 0.2) is 90.2 Å². The van der Waals surface area contributed by atoms with Gasteiger partial charge in [0.25, 0.3) is 5.91 Å². The van der Waals surface area contributed by atoms with Crippen molar-refractivity contribution in [1.29, 1.82) is 0 Å². The van der Waals surface area contributed by atoms with E-state index in [1.165, 1.54) is 22.6 Å². The van der Waals surface area contributed by atoms with Crippen molar-refractivity contribution in [3.05, 3.63) is 101 Å².